The summed E-state index contributed by atoms with van der Waals surface area (Å²) in [6, 6.07) is 13.4. The lowest BCUT2D eigenvalue weighted by atomic mass is 9.56. The number of hydrogen-bond acceptors (Lipinski definition) is 3. The number of fused-ring (bicyclic) bond motifs is 4. The van der Waals surface area contributed by atoms with E-state index in [2.05, 4.69) is 23.2 Å². The molecule has 2 aromatic rings. The second-order valence-corrected chi connectivity index (χ2v) is 9.80. The molecule has 0 radical (unpaired) electrons. The molecule has 0 aromatic heterocycles. The topological polar surface area (TPSA) is 35.5 Å². The van der Waals surface area contributed by atoms with Gasteiger partial charge in [0.25, 0.3) is 0 Å². The quantitative estimate of drug-likeness (QED) is 0.656. The van der Waals surface area contributed by atoms with Gasteiger partial charge in [-0.05, 0) is 98.0 Å². The first kappa shape index (κ1) is 20.0. The molecule has 1 saturated carbocycles. The summed E-state index contributed by atoms with van der Waals surface area (Å²) in [6.45, 7) is 6.55. The molecule has 3 nitrogen and oxygen atoms in total. The molecule has 2 N–H and O–H groups in total. The number of piperidine rings is 1. The summed E-state index contributed by atoms with van der Waals surface area (Å²) in [5.41, 5.74) is 4.03. The molecule has 2 fully saturated rings. The zero-order chi connectivity index (χ0) is 20.7. The molecule has 3 aliphatic rings. The lowest BCUT2D eigenvalue weighted by Gasteiger charge is -2.56. The number of nitrogens with one attached hydrogen (secondary N) is 1. The predicted molar refractivity (Wildman–Crippen MR) is 118 cm³/mol. The molecular formula is C26H33FN2O. The standard InChI is InChI=1S/C26H33FN2O/c1-18-25-14-21-6-9-23(30)15-24(21)26(18,11-13-29(25)17-20-2-3-20)10-12-28-16-19-4-7-22(27)8-5-19/h4-9,15,18,20,25,28,30H,2-3,10-14,16-17H2,1H3/t18-,25?,26+/m0/s1. The van der Waals surface area contributed by atoms with E-state index in [1.807, 2.05) is 24.3 Å². The highest BCUT2D eigenvalue weighted by Gasteiger charge is 2.51. The first-order valence-electron chi connectivity index (χ1n) is 11.6. The van der Waals surface area contributed by atoms with Crippen molar-refractivity contribution in [1.82, 2.24) is 10.2 Å². The Bertz CT molecular complexity index is 894. The molecular weight excluding hydrogens is 375 g/mol. The van der Waals surface area contributed by atoms with Gasteiger partial charge in [0.1, 0.15) is 11.6 Å². The normalized spacial score (nSPS) is 28.3. The average molecular weight is 409 g/mol. The monoisotopic (exact) mass is 408 g/mol. The van der Waals surface area contributed by atoms with E-state index in [0.29, 0.717) is 17.7 Å². The van der Waals surface area contributed by atoms with Crippen molar-refractivity contribution >= 4 is 0 Å². The van der Waals surface area contributed by atoms with Crippen molar-refractivity contribution in [2.75, 3.05) is 19.6 Å². The van der Waals surface area contributed by atoms with Gasteiger partial charge in [-0.25, -0.2) is 4.39 Å². The van der Waals surface area contributed by atoms with Crippen molar-refractivity contribution in [1.29, 1.82) is 0 Å². The van der Waals surface area contributed by atoms with E-state index < -0.39 is 0 Å². The second kappa shape index (κ2) is 7.97. The zero-order valence-corrected chi connectivity index (χ0v) is 17.9. The fraction of sp³-hybridized carbons (Fsp3) is 0.538. The number of likely N-dealkylation sites (tertiary alicyclic amines) is 1. The smallest absolute Gasteiger partial charge is 0.123 e. The highest BCUT2D eigenvalue weighted by atomic mass is 19.1. The van der Waals surface area contributed by atoms with Gasteiger partial charge >= 0.3 is 0 Å². The zero-order valence-electron chi connectivity index (χ0n) is 17.9. The molecule has 2 aliphatic carbocycles. The summed E-state index contributed by atoms with van der Waals surface area (Å²) in [7, 11) is 0. The molecule has 4 heteroatoms. The minimum absolute atomic E-state index is 0.118. The molecule has 5 rings (SSSR count). The Morgan fingerprint density at radius 1 is 1.17 bits per heavy atom. The number of hydrogen-bond donors (Lipinski definition) is 2. The lowest BCUT2D eigenvalue weighted by molar-refractivity contribution is 0.0158. The van der Waals surface area contributed by atoms with E-state index in [-0.39, 0.29) is 11.2 Å². The van der Waals surface area contributed by atoms with E-state index in [9.17, 15) is 9.50 Å². The van der Waals surface area contributed by atoms with E-state index in [0.717, 1.165) is 43.8 Å². The number of phenolic OH excluding ortho intramolecular Hbond substituents is 1. The third kappa shape index (κ3) is 3.76. The number of nitrogens with zero attached hydrogens (tertiary/aromatic N) is 1. The van der Waals surface area contributed by atoms with Gasteiger partial charge in [0.2, 0.25) is 0 Å². The van der Waals surface area contributed by atoms with Crippen LogP contribution in [0.1, 0.15) is 49.3 Å². The van der Waals surface area contributed by atoms with Crippen LogP contribution in [-0.2, 0) is 18.4 Å². The van der Waals surface area contributed by atoms with Crippen LogP contribution in [0, 0.1) is 17.7 Å². The fourth-order valence-electron chi connectivity index (χ4n) is 6.03. The molecule has 2 aromatic carbocycles. The fourth-order valence-corrected chi connectivity index (χ4v) is 6.03. The van der Waals surface area contributed by atoms with Crippen molar-refractivity contribution in [3.05, 3.63) is 65.0 Å². The van der Waals surface area contributed by atoms with Crippen molar-refractivity contribution in [3.63, 3.8) is 0 Å². The van der Waals surface area contributed by atoms with Gasteiger partial charge in [0.05, 0.1) is 0 Å². The first-order valence-corrected chi connectivity index (χ1v) is 11.6. The van der Waals surface area contributed by atoms with E-state index >= 15 is 0 Å². The van der Waals surface area contributed by atoms with Crippen LogP contribution in [0.25, 0.3) is 0 Å². The SMILES string of the molecule is C[C@H]1C2Cc3ccc(O)cc3[C@]1(CCNCc1ccc(F)cc1)CCN2CC1CC1. The van der Waals surface area contributed by atoms with Crippen LogP contribution in [-0.4, -0.2) is 35.7 Å². The average Bonchev–Trinajstić information content (AvgIpc) is 3.55. The van der Waals surface area contributed by atoms with Crippen LogP contribution >= 0.6 is 0 Å². The lowest BCUT2D eigenvalue weighted by Crippen LogP contribution is -2.59. The predicted octanol–water partition coefficient (Wildman–Crippen LogP) is 4.63. The molecule has 0 spiro atoms. The van der Waals surface area contributed by atoms with Crippen molar-refractivity contribution < 1.29 is 9.50 Å². The van der Waals surface area contributed by atoms with Crippen molar-refractivity contribution in [2.24, 2.45) is 11.8 Å². The molecule has 2 bridgehead atoms. The number of halogens is 1. The summed E-state index contributed by atoms with van der Waals surface area (Å²) >= 11 is 0. The second-order valence-electron chi connectivity index (χ2n) is 9.80. The number of aromatic hydroxyl groups is 1. The largest absolute Gasteiger partial charge is 0.508 e. The Kier molecular flexibility index (Phi) is 5.32. The van der Waals surface area contributed by atoms with Gasteiger partial charge in [-0.15, -0.1) is 0 Å². The summed E-state index contributed by atoms with van der Waals surface area (Å²) in [5, 5.41) is 13.8. The highest BCUT2D eigenvalue weighted by Crippen LogP contribution is 2.52. The number of phenols is 1. The molecule has 1 saturated heterocycles. The van der Waals surface area contributed by atoms with Crippen molar-refractivity contribution in [3.8, 4) is 5.75 Å². The summed E-state index contributed by atoms with van der Waals surface area (Å²) in [4.78, 5) is 2.77. The van der Waals surface area contributed by atoms with Crippen LogP contribution in [0.15, 0.2) is 42.5 Å². The summed E-state index contributed by atoms with van der Waals surface area (Å²) in [6.07, 6.45) is 6.14. The Hall–Kier alpha value is -1.91. The maximum Gasteiger partial charge on any atom is 0.123 e. The third-order valence-corrected chi connectivity index (χ3v) is 8.00. The maximum absolute atomic E-state index is 13.1. The molecule has 1 heterocycles. The van der Waals surface area contributed by atoms with E-state index in [1.54, 1.807) is 0 Å². The van der Waals surface area contributed by atoms with Crippen LogP contribution < -0.4 is 5.32 Å². The Balaban J connectivity index is 1.34. The summed E-state index contributed by atoms with van der Waals surface area (Å²) in [5.74, 6) is 1.70. The van der Waals surface area contributed by atoms with Crippen LogP contribution in [0.5, 0.6) is 5.75 Å². The van der Waals surface area contributed by atoms with E-state index in [4.69, 9.17) is 0 Å². The Morgan fingerprint density at radius 3 is 2.73 bits per heavy atom. The number of rotatable bonds is 7. The van der Waals surface area contributed by atoms with Crippen LogP contribution in [0.2, 0.25) is 0 Å². The van der Waals surface area contributed by atoms with Gasteiger partial charge in [-0.1, -0.05) is 25.1 Å². The van der Waals surface area contributed by atoms with Gasteiger partial charge in [0, 0.05) is 24.5 Å². The van der Waals surface area contributed by atoms with E-state index in [1.165, 1.54) is 49.2 Å². The van der Waals surface area contributed by atoms with Gasteiger partial charge in [-0.2, -0.15) is 0 Å². The molecule has 0 amide bonds. The molecule has 1 unspecified atom stereocenters. The maximum atomic E-state index is 13.1. The van der Waals surface area contributed by atoms with Crippen LogP contribution in [0.3, 0.4) is 0 Å². The highest BCUT2D eigenvalue weighted by molar-refractivity contribution is 5.44. The van der Waals surface area contributed by atoms with Gasteiger partial charge < -0.3 is 10.4 Å². The Labute approximate surface area is 179 Å². The van der Waals surface area contributed by atoms with Gasteiger partial charge in [-0.3, -0.25) is 4.90 Å². The minimum Gasteiger partial charge on any atom is -0.508 e. The third-order valence-electron chi connectivity index (χ3n) is 8.00. The molecule has 30 heavy (non-hydrogen) atoms. The van der Waals surface area contributed by atoms with Gasteiger partial charge in [0.15, 0.2) is 0 Å². The Morgan fingerprint density at radius 2 is 1.97 bits per heavy atom. The number of benzene rings is 2. The first-order chi connectivity index (χ1) is 14.5. The minimum atomic E-state index is -0.186. The molecule has 160 valence electrons. The summed E-state index contributed by atoms with van der Waals surface area (Å²) < 4.78 is 13.1. The van der Waals surface area contributed by atoms with Crippen molar-refractivity contribution in [2.45, 2.75) is 57.0 Å². The molecule has 3 atom stereocenters. The molecule has 1 aliphatic heterocycles. The van der Waals surface area contributed by atoms with Crippen LogP contribution in [0.4, 0.5) is 4.39 Å².